The van der Waals surface area contributed by atoms with Crippen molar-refractivity contribution < 1.29 is 9.21 Å². The van der Waals surface area contributed by atoms with E-state index in [2.05, 4.69) is 46.4 Å². The first kappa shape index (κ1) is 20.9. The van der Waals surface area contributed by atoms with E-state index < -0.39 is 0 Å². The number of anilines is 1. The third-order valence-electron chi connectivity index (χ3n) is 5.99. The Bertz CT molecular complexity index is 1200. The topological polar surface area (TPSA) is 85.4 Å². The van der Waals surface area contributed by atoms with Crippen molar-refractivity contribution in [3.05, 3.63) is 46.8 Å². The van der Waals surface area contributed by atoms with Gasteiger partial charge in [-0.05, 0) is 38.4 Å². The van der Waals surface area contributed by atoms with Gasteiger partial charge in [0.15, 0.2) is 5.58 Å². The van der Waals surface area contributed by atoms with Crippen LogP contribution in [0, 0.1) is 25.2 Å². The molecule has 31 heavy (non-hydrogen) atoms. The Morgan fingerprint density at radius 2 is 2.13 bits per heavy atom. The third-order valence-corrected chi connectivity index (χ3v) is 5.99. The van der Waals surface area contributed by atoms with Crippen molar-refractivity contribution >= 4 is 22.7 Å². The molecule has 1 saturated heterocycles. The summed E-state index contributed by atoms with van der Waals surface area (Å²) in [5, 5.41) is 13.3. The number of nitrogens with one attached hydrogen (secondary N) is 1. The predicted molar refractivity (Wildman–Crippen MR) is 121 cm³/mol. The fourth-order valence-electron chi connectivity index (χ4n) is 4.32. The summed E-state index contributed by atoms with van der Waals surface area (Å²) >= 11 is 0. The minimum Gasteiger partial charge on any atom is -0.430 e. The number of oxazole rings is 1. The van der Waals surface area contributed by atoms with Crippen molar-refractivity contribution in [3.63, 3.8) is 0 Å². The average molecular weight is 418 g/mol. The SMILES string of the molecule is CN[C@H]1CCN(c2c(-c3cccc(C)c3)c(C)c(C#N)c3nc(C(=O)N(C)C)oc23)C1. The second-order valence-corrected chi connectivity index (χ2v) is 8.32. The van der Waals surface area contributed by atoms with Gasteiger partial charge in [-0.3, -0.25) is 4.79 Å². The maximum atomic E-state index is 12.6. The molecule has 4 rings (SSSR count). The second-order valence-electron chi connectivity index (χ2n) is 8.32. The number of carbonyl (C=O) groups excluding carboxylic acids is 1. The Hall–Kier alpha value is -3.37. The second kappa shape index (κ2) is 8.05. The third kappa shape index (κ3) is 3.53. The standard InChI is InChI=1S/C24H27N5O2/c1-14-7-6-8-16(11-14)19-15(2)18(12-25)20-22(31-23(27-20)24(30)28(4)5)21(19)29-10-9-17(13-29)26-3/h6-8,11,17,26H,9-10,13H2,1-5H3/t17-/m0/s1. The van der Waals surface area contributed by atoms with Crippen LogP contribution in [0.3, 0.4) is 0 Å². The van der Waals surface area contributed by atoms with Crippen LogP contribution in [0.5, 0.6) is 0 Å². The Balaban J connectivity index is 2.07. The molecule has 1 N–H and O–H groups in total. The van der Waals surface area contributed by atoms with E-state index in [0.717, 1.165) is 47.5 Å². The number of hydrogen-bond acceptors (Lipinski definition) is 6. The fraction of sp³-hybridized carbons (Fsp3) is 0.375. The van der Waals surface area contributed by atoms with Gasteiger partial charge in [-0.25, -0.2) is 4.98 Å². The van der Waals surface area contributed by atoms with Gasteiger partial charge < -0.3 is 19.5 Å². The fourth-order valence-corrected chi connectivity index (χ4v) is 4.32. The summed E-state index contributed by atoms with van der Waals surface area (Å²) in [5.74, 6) is -0.321. The zero-order chi connectivity index (χ0) is 22.3. The number of rotatable bonds is 4. The average Bonchev–Trinajstić information content (AvgIpc) is 3.39. The number of fused-ring (bicyclic) bond motifs is 1. The number of nitrogens with zero attached hydrogens (tertiary/aromatic N) is 4. The number of carbonyl (C=O) groups is 1. The van der Waals surface area contributed by atoms with Crippen LogP contribution >= 0.6 is 0 Å². The van der Waals surface area contributed by atoms with Gasteiger partial charge in [-0.2, -0.15) is 5.26 Å². The van der Waals surface area contributed by atoms with E-state index in [4.69, 9.17) is 4.42 Å². The lowest BCUT2D eigenvalue weighted by Gasteiger charge is -2.24. The Morgan fingerprint density at radius 1 is 1.35 bits per heavy atom. The lowest BCUT2D eigenvalue weighted by atomic mass is 9.92. The molecule has 0 aliphatic carbocycles. The number of benzene rings is 2. The zero-order valence-corrected chi connectivity index (χ0v) is 18.6. The van der Waals surface area contributed by atoms with E-state index in [-0.39, 0.29) is 11.8 Å². The van der Waals surface area contributed by atoms with Gasteiger partial charge in [0.2, 0.25) is 0 Å². The molecule has 7 heteroatoms. The minimum atomic E-state index is -0.324. The summed E-state index contributed by atoms with van der Waals surface area (Å²) in [6.45, 7) is 5.67. The highest BCUT2D eigenvalue weighted by Crippen LogP contribution is 2.44. The van der Waals surface area contributed by atoms with Crippen LogP contribution in [-0.4, -0.2) is 56.1 Å². The summed E-state index contributed by atoms with van der Waals surface area (Å²) < 4.78 is 6.08. The van der Waals surface area contributed by atoms with Crippen molar-refractivity contribution in [2.45, 2.75) is 26.3 Å². The molecule has 0 saturated carbocycles. The number of nitriles is 1. The summed E-state index contributed by atoms with van der Waals surface area (Å²) in [7, 11) is 5.28. The highest BCUT2D eigenvalue weighted by Gasteiger charge is 2.31. The van der Waals surface area contributed by atoms with Crippen molar-refractivity contribution in [2.75, 3.05) is 39.1 Å². The van der Waals surface area contributed by atoms with E-state index in [1.54, 1.807) is 14.1 Å². The minimum absolute atomic E-state index is 0.00269. The molecule has 0 radical (unpaired) electrons. The molecule has 160 valence electrons. The van der Waals surface area contributed by atoms with E-state index in [0.29, 0.717) is 22.7 Å². The molecular weight excluding hydrogens is 390 g/mol. The first-order chi connectivity index (χ1) is 14.8. The maximum absolute atomic E-state index is 12.6. The molecule has 1 fully saturated rings. The van der Waals surface area contributed by atoms with Crippen LogP contribution in [0.25, 0.3) is 22.2 Å². The van der Waals surface area contributed by atoms with Gasteiger partial charge in [-0.1, -0.05) is 29.8 Å². The molecular formula is C24H27N5O2. The molecule has 1 aromatic heterocycles. The number of likely N-dealkylation sites (N-methyl/N-ethyl adjacent to an activating group) is 1. The van der Waals surface area contributed by atoms with E-state index in [1.807, 2.05) is 20.0 Å². The molecule has 1 amide bonds. The summed E-state index contributed by atoms with van der Waals surface area (Å²) in [6, 6.07) is 10.9. The molecule has 1 atom stereocenters. The zero-order valence-electron chi connectivity index (χ0n) is 18.6. The van der Waals surface area contributed by atoms with Gasteiger partial charge in [0.1, 0.15) is 11.6 Å². The van der Waals surface area contributed by atoms with Crippen LogP contribution in [0.4, 0.5) is 5.69 Å². The van der Waals surface area contributed by atoms with Gasteiger partial charge >= 0.3 is 5.91 Å². The van der Waals surface area contributed by atoms with Gasteiger partial charge in [0.25, 0.3) is 5.89 Å². The molecule has 1 aliphatic rings. The van der Waals surface area contributed by atoms with E-state index in [1.165, 1.54) is 4.90 Å². The first-order valence-electron chi connectivity index (χ1n) is 10.4. The molecule has 1 aliphatic heterocycles. The monoisotopic (exact) mass is 417 g/mol. The van der Waals surface area contributed by atoms with Crippen molar-refractivity contribution in [2.24, 2.45) is 0 Å². The normalized spacial score (nSPS) is 16.0. The van der Waals surface area contributed by atoms with Crippen LogP contribution in [-0.2, 0) is 0 Å². The largest absolute Gasteiger partial charge is 0.430 e. The molecule has 3 aromatic rings. The number of amides is 1. The predicted octanol–water partition coefficient (Wildman–Crippen LogP) is 3.48. The molecule has 0 spiro atoms. The lowest BCUT2D eigenvalue weighted by molar-refractivity contribution is 0.0791. The number of aromatic nitrogens is 1. The Kier molecular flexibility index (Phi) is 5.42. The number of aryl methyl sites for hydroxylation is 1. The van der Waals surface area contributed by atoms with Crippen LogP contribution in [0.2, 0.25) is 0 Å². The van der Waals surface area contributed by atoms with Crippen molar-refractivity contribution in [1.82, 2.24) is 15.2 Å². The first-order valence-corrected chi connectivity index (χ1v) is 10.4. The molecule has 2 heterocycles. The quantitative estimate of drug-likeness (QED) is 0.700. The summed E-state index contributed by atoms with van der Waals surface area (Å²) in [5.41, 5.74) is 6.27. The molecule has 7 nitrogen and oxygen atoms in total. The van der Waals surface area contributed by atoms with Gasteiger partial charge in [0.05, 0.1) is 11.3 Å². The van der Waals surface area contributed by atoms with Crippen LogP contribution < -0.4 is 10.2 Å². The van der Waals surface area contributed by atoms with E-state index >= 15 is 0 Å². The van der Waals surface area contributed by atoms with E-state index in [9.17, 15) is 10.1 Å². The molecule has 0 unspecified atom stereocenters. The lowest BCUT2D eigenvalue weighted by Crippen LogP contribution is -2.30. The smallest absolute Gasteiger partial charge is 0.309 e. The maximum Gasteiger partial charge on any atom is 0.309 e. The van der Waals surface area contributed by atoms with Gasteiger partial charge in [0, 0.05) is 38.8 Å². The Morgan fingerprint density at radius 3 is 2.74 bits per heavy atom. The highest BCUT2D eigenvalue weighted by molar-refractivity contribution is 6.04. The Labute approximate surface area is 182 Å². The number of hydrogen-bond donors (Lipinski definition) is 1. The van der Waals surface area contributed by atoms with Crippen molar-refractivity contribution in [3.8, 4) is 17.2 Å². The van der Waals surface area contributed by atoms with Crippen LogP contribution in [0.1, 0.15) is 33.8 Å². The van der Waals surface area contributed by atoms with Crippen molar-refractivity contribution in [1.29, 1.82) is 5.26 Å². The van der Waals surface area contributed by atoms with Crippen LogP contribution in [0.15, 0.2) is 28.7 Å². The molecule has 0 bridgehead atoms. The highest BCUT2D eigenvalue weighted by atomic mass is 16.4. The summed E-state index contributed by atoms with van der Waals surface area (Å²) in [4.78, 5) is 20.8. The van der Waals surface area contributed by atoms with Gasteiger partial charge in [-0.15, -0.1) is 0 Å². The summed E-state index contributed by atoms with van der Waals surface area (Å²) in [6.07, 6.45) is 1.00. The molecule has 2 aromatic carbocycles.